The van der Waals surface area contributed by atoms with E-state index in [1.165, 1.54) is 24.3 Å². The first-order valence-electron chi connectivity index (χ1n) is 8.77. The summed E-state index contributed by atoms with van der Waals surface area (Å²) < 4.78 is 59.8. The summed E-state index contributed by atoms with van der Waals surface area (Å²) in [6, 6.07) is 6.95. The quantitative estimate of drug-likeness (QED) is 0.583. The number of sulfonamides is 1. The zero-order chi connectivity index (χ0) is 21.6. The maximum Gasteiger partial charge on any atom is 0.255 e. The maximum atomic E-state index is 13.3. The number of amides is 1. The molecule has 156 valence electrons. The Morgan fingerprint density at radius 2 is 1.90 bits per heavy atom. The Kier molecular flexibility index (Phi) is 4.79. The monoisotopic (exact) mass is 434 g/mol. The zero-order valence-corrected chi connectivity index (χ0v) is 16.6. The van der Waals surface area contributed by atoms with Gasteiger partial charge in [-0.2, -0.15) is 4.72 Å². The summed E-state index contributed by atoms with van der Waals surface area (Å²) in [5, 5.41) is 5.41. The molecule has 1 aliphatic heterocycles. The third kappa shape index (κ3) is 3.64. The van der Waals surface area contributed by atoms with Gasteiger partial charge in [0.2, 0.25) is 10.0 Å². The average molecular weight is 434 g/mol. The second-order valence-corrected chi connectivity index (χ2v) is 8.36. The average Bonchev–Trinajstić information content (AvgIpc) is 3.02. The van der Waals surface area contributed by atoms with Gasteiger partial charge in [0.15, 0.2) is 29.5 Å². The van der Waals surface area contributed by atoms with Gasteiger partial charge in [0.25, 0.3) is 5.91 Å². The Balaban J connectivity index is 1.62. The van der Waals surface area contributed by atoms with Crippen LogP contribution in [0.25, 0.3) is 0 Å². The Morgan fingerprint density at radius 3 is 2.57 bits per heavy atom. The van der Waals surface area contributed by atoms with Crippen molar-refractivity contribution in [1.29, 1.82) is 0 Å². The smallest absolute Gasteiger partial charge is 0.255 e. The first kappa shape index (κ1) is 20.0. The molecule has 3 aromatic rings. The fraction of sp³-hybridized carbons (Fsp3) is 0.158. The van der Waals surface area contributed by atoms with E-state index in [1.807, 2.05) is 0 Å². The summed E-state index contributed by atoms with van der Waals surface area (Å²) in [5.74, 6) is -2.10. The molecule has 0 radical (unpaired) electrons. The van der Waals surface area contributed by atoms with E-state index in [4.69, 9.17) is 4.42 Å². The van der Waals surface area contributed by atoms with Gasteiger partial charge < -0.3 is 15.1 Å². The first-order valence-corrected chi connectivity index (χ1v) is 10.3. The minimum Gasteiger partial charge on any atom is -0.442 e. The number of carbonyl (C=O) groups is 1. The van der Waals surface area contributed by atoms with Crippen molar-refractivity contribution in [1.82, 2.24) is 9.71 Å². The number of aryl methyl sites for hydroxylation is 2. The molecular formula is C19H16F2N4O4S. The van der Waals surface area contributed by atoms with Crippen LogP contribution in [0.5, 0.6) is 0 Å². The topological polar surface area (TPSA) is 113 Å². The number of halogens is 2. The Labute approximate surface area is 170 Å². The molecule has 4 rings (SSSR count). The van der Waals surface area contributed by atoms with Crippen LogP contribution in [-0.2, 0) is 10.0 Å². The van der Waals surface area contributed by atoms with Crippen molar-refractivity contribution in [3.05, 3.63) is 70.9 Å². The normalized spacial score (nSPS) is 17.1. The molecule has 1 amide bonds. The summed E-state index contributed by atoms with van der Waals surface area (Å²) in [6.07, 6.45) is -0.856. The van der Waals surface area contributed by atoms with Crippen LogP contribution < -0.4 is 15.4 Å². The standard InChI is InChI=1S/C19H16F2N4O4S/c1-9-17(29-10(2)22-9)18-24-15-6-3-11(7-16(15)30(27,28)25-18)19(26)23-12-4-5-13(20)14(21)8-12/h3-8,18,24-25H,1-2H3,(H,23,26). The molecule has 11 heteroatoms. The lowest BCUT2D eigenvalue weighted by molar-refractivity contribution is 0.102. The van der Waals surface area contributed by atoms with Gasteiger partial charge in [0, 0.05) is 24.2 Å². The molecule has 1 aliphatic rings. The number of anilines is 2. The summed E-state index contributed by atoms with van der Waals surface area (Å²) >= 11 is 0. The summed E-state index contributed by atoms with van der Waals surface area (Å²) in [5.41, 5.74) is 0.873. The molecule has 3 N–H and O–H groups in total. The largest absolute Gasteiger partial charge is 0.442 e. The number of rotatable bonds is 3. The lowest BCUT2D eigenvalue weighted by atomic mass is 10.1. The number of oxazole rings is 1. The number of hydrogen-bond acceptors (Lipinski definition) is 6. The van der Waals surface area contributed by atoms with E-state index in [9.17, 15) is 22.0 Å². The van der Waals surface area contributed by atoms with E-state index in [2.05, 4.69) is 20.3 Å². The molecule has 0 saturated heterocycles. The Morgan fingerprint density at radius 1 is 1.13 bits per heavy atom. The molecule has 8 nitrogen and oxygen atoms in total. The number of nitrogens with zero attached hydrogens (tertiary/aromatic N) is 1. The fourth-order valence-electron chi connectivity index (χ4n) is 3.12. The number of hydrogen-bond donors (Lipinski definition) is 3. The summed E-state index contributed by atoms with van der Waals surface area (Å²) in [4.78, 5) is 16.5. The molecule has 0 saturated carbocycles. The molecule has 1 atom stereocenters. The Hall–Kier alpha value is -3.31. The summed E-state index contributed by atoms with van der Waals surface area (Å²) in [6.45, 7) is 3.35. The summed E-state index contributed by atoms with van der Waals surface area (Å²) in [7, 11) is -3.98. The second kappa shape index (κ2) is 7.18. The van der Waals surface area contributed by atoms with Crippen molar-refractivity contribution in [2.45, 2.75) is 24.9 Å². The molecule has 0 spiro atoms. The lowest BCUT2D eigenvalue weighted by Gasteiger charge is -2.27. The van der Waals surface area contributed by atoms with Gasteiger partial charge in [-0.3, -0.25) is 4.79 Å². The van der Waals surface area contributed by atoms with E-state index < -0.39 is 33.7 Å². The number of benzene rings is 2. The third-order valence-corrected chi connectivity index (χ3v) is 5.95. The first-order chi connectivity index (χ1) is 14.1. The van der Waals surface area contributed by atoms with Crippen molar-refractivity contribution < 1.29 is 26.4 Å². The van der Waals surface area contributed by atoms with E-state index in [0.717, 1.165) is 12.1 Å². The van der Waals surface area contributed by atoms with Gasteiger partial charge in [0.1, 0.15) is 4.90 Å². The van der Waals surface area contributed by atoms with Gasteiger partial charge >= 0.3 is 0 Å². The van der Waals surface area contributed by atoms with Crippen LogP contribution in [0.15, 0.2) is 45.7 Å². The van der Waals surface area contributed by atoms with Crippen LogP contribution in [-0.4, -0.2) is 19.3 Å². The lowest BCUT2D eigenvalue weighted by Crippen LogP contribution is -2.38. The number of fused-ring (bicyclic) bond motifs is 1. The molecule has 0 fully saturated rings. The van der Waals surface area contributed by atoms with E-state index in [0.29, 0.717) is 17.3 Å². The molecule has 0 aliphatic carbocycles. The van der Waals surface area contributed by atoms with Crippen LogP contribution in [0.1, 0.15) is 33.9 Å². The van der Waals surface area contributed by atoms with Crippen molar-refractivity contribution in [2.75, 3.05) is 10.6 Å². The number of aromatic nitrogens is 1. The van der Waals surface area contributed by atoms with Crippen molar-refractivity contribution >= 4 is 27.3 Å². The minimum atomic E-state index is -3.98. The Bertz CT molecular complexity index is 1270. The molecule has 2 aromatic carbocycles. The predicted molar refractivity (Wildman–Crippen MR) is 103 cm³/mol. The number of carbonyl (C=O) groups excluding carboxylic acids is 1. The van der Waals surface area contributed by atoms with E-state index in [-0.39, 0.29) is 21.8 Å². The van der Waals surface area contributed by atoms with Gasteiger partial charge in [-0.1, -0.05) is 0 Å². The van der Waals surface area contributed by atoms with Gasteiger partial charge in [-0.05, 0) is 37.3 Å². The third-order valence-electron chi connectivity index (χ3n) is 4.49. The van der Waals surface area contributed by atoms with Gasteiger partial charge in [0.05, 0.1) is 11.4 Å². The van der Waals surface area contributed by atoms with E-state index >= 15 is 0 Å². The predicted octanol–water partition coefficient (Wildman–Crippen LogP) is 3.22. The second-order valence-electron chi connectivity index (χ2n) is 6.68. The van der Waals surface area contributed by atoms with Crippen LogP contribution in [0.3, 0.4) is 0 Å². The number of nitrogens with one attached hydrogen (secondary N) is 3. The maximum absolute atomic E-state index is 13.3. The molecule has 0 bridgehead atoms. The van der Waals surface area contributed by atoms with E-state index in [1.54, 1.807) is 13.8 Å². The SMILES string of the molecule is Cc1nc(C)c(C2Nc3ccc(C(=O)Nc4ccc(F)c(F)c4)cc3S(=O)(=O)N2)o1. The van der Waals surface area contributed by atoms with Crippen LogP contribution in [0.4, 0.5) is 20.2 Å². The highest BCUT2D eigenvalue weighted by Crippen LogP contribution is 2.33. The molecular weight excluding hydrogens is 418 g/mol. The van der Waals surface area contributed by atoms with Crippen LogP contribution in [0, 0.1) is 25.5 Å². The molecule has 30 heavy (non-hydrogen) atoms. The zero-order valence-electron chi connectivity index (χ0n) is 15.8. The van der Waals surface area contributed by atoms with Crippen molar-refractivity contribution in [2.24, 2.45) is 0 Å². The fourth-order valence-corrected chi connectivity index (χ4v) is 4.42. The molecule has 2 heterocycles. The highest BCUT2D eigenvalue weighted by Gasteiger charge is 2.33. The molecule has 1 aromatic heterocycles. The van der Waals surface area contributed by atoms with Crippen molar-refractivity contribution in [3.8, 4) is 0 Å². The van der Waals surface area contributed by atoms with Crippen LogP contribution in [0.2, 0.25) is 0 Å². The highest BCUT2D eigenvalue weighted by atomic mass is 32.2. The highest BCUT2D eigenvalue weighted by molar-refractivity contribution is 7.89. The molecule has 1 unspecified atom stereocenters. The van der Waals surface area contributed by atoms with Gasteiger partial charge in [-0.25, -0.2) is 22.2 Å². The van der Waals surface area contributed by atoms with Gasteiger partial charge in [-0.15, -0.1) is 0 Å². The van der Waals surface area contributed by atoms with Crippen molar-refractivity contribution in [3.63, 3.8) is 0 Å². The van der Waals surface area contributed by atoms with Crippen LogP contribution >= 0.6 is 0 Å². The minimum absolute atomic E-state index is 0.0239.